The Balaban J connectivity index is 1.89. The van der Waals surface area contributed by atoms with E-state index in [2.05, 4.69) is 4.99 Å². The van der Waals surface area contributed by atoms with Crippen molar-refractivity contribution in [3.05, 3.63) is 65.4 Å². The van der Waals surface area contributed by atoms with Crippen molar-refractivity contribution >= 4 is 17.9 Å². The maximum Gasteiger partial charge on any atom is 0.363 e. The number of hydrogen-bond acceptors (Lipinski definition) is 5. The van der Waals surface area contributed by atoms with Crippen LogP contribution in [0.25, 0.3) is 6.08 Å². The topological polar surface area (TPSA) is 57.1 Å². The molecule has 3 rings (SSSR count). The van der Waals surface area contributed by atoms with Gasteiger partial charge in [-0.25, -0.2) is 9.79 Å². The Morgan fingerprint density at radius 2 is 1.74 bits per heavy atom. The van der Waals surface area contributed by atoms with E-state index in [1.54, 1.807) is 26.4 Å². The van der Waals surface area contributed by atoms with Gasteiger partial charge in [-0.05, 0) is 42.0 Å². The third-order valence-electron chi connectivity index (χ3n) is 3.36. The van der Waals surface area contributed by atoms with Crippen molar-refractivity contribution in [2.45, 2.75) is 0 Å². The molecule has 2 aromatic rings. The first-order valence-electron chi connectivity index (χ1n) is 7.00. The molecule has 0 spiro atoms. The molecule has 1 heterocycles. The molecule has 0 aromatic heterocycles. The lowest BCUT2D eigenvalue weighted by molar-refractivity contribution is -0.129. The van der Waals surface area contributed by atoms with Crippen LogP contribution in [0.3, 0.4) is 0 Å². The maximum absolute atomic E-state index is 12.0. The van der Waals surface area contributed by atoms with Gasteiger partial charge in [0, 0.05) is 5.56 Å². The fraction of sp³-hybridized carbons (Fsp3) is 0.111. The highest BCUT2D eigenvalue weighted by molar-refractivity contribution is 6.12. The lowest BCUT2D eigenvalue weighted by Gasteiger charge is -2.02. The maximum atomic E-state index is 12.0. The molecule has 2 aromatic carbocycles. The average Bonchev–Trinajstić information content (AvgIpc) is 2.96. The SMILES string of the molecule is COc1ccc(/C=C2/N=C(c3cccc(OC)c3)OC2=O)cc1. The lowest BCUT2D eigenvalue weighted by Crippen LogP contribution is -2.05. The molecule has 0 fully saturated rings. The summed E-state index contributed by atoms with van der Waals surface area (Å²) in [6.07, 6.45) is 1.68. The van der Waals surface area contributed by atoms with E-state index in [-0.39, 0.29) is 11.6 Å². The van der Waals surface area contributed by atoms with E-state index < -0.39 is 5.97 Å². The monoisotopic (exact) mass is 309 g/mol. The number of hydrogen-bond donors (Lipinski definition) is 0. The summed E-state index contributed by atoms with van der Waals surface area (Å²) in [4.78, 5) is 16.3. The van der Waals surface area contributed by atoms with Gasteiger partial charge in [0.15, 0.2) is 5.70 Å². The Bertz CT molecular complexity index is 791. The minimum atomic E-state index is -0.473. The van der Waals surface area contributed by atoms with Crippen molar-refractivity contribution < 1.29 is 19.0 Å². The summed E-state index contributed by atoms with van der Waals surface area (Å²) in [5, 5.41) is 0. The number of cyclic esters (lactones) is 1. The Kier molecular flexibility index (Phi) is 4.10. The molecule has 23 heavy (non-hydrogen) atoms. The van der Waals surface area contributed by atoms with Crippen molar-refractivity contribution in [1.29, 1.82) is 0 Å². The highest BCUT2D eigenvalue weighted by Crippen LogP contribution is 2.22. The molecular formula is C18H15NO4. The van der Waals surface area contributed by atoms with Gasteiger partial charge in [0.1, 0.15) is 11.5 Å². The van der Waals surface area contributed by atoms with Crippen LogP contribution in [0.1, 0.15) is 11.1 Å². The van der Waals surface area contributed by atoms with E-state index in [9.17, 15) is 4.79 Å². The van der Waals surface area contributed by atoms with Gasteiger partial charge in [0.25, 0.3) is 0 Å². The zero-order valence-electron chi connectivity index (χ0n) is 12.8. The molecule has 0 saturated carbocycles. The second-order valence-electron chi connectivity index (χ2n) is 4.84. The minimum absolute atomic E-state index is 0.257. The van der Waals surface area contributed by atoms with Gasteiger partial charge in [-0.1, -0.05) is 18.2 Å². The first-order chi connectivity index (χ1) is 11.2. The first kappa shape index (κ1) is 14.8. The summed E-state index contributed by atoms with van der Waals surface area (Å²) in [5.74, 6) is 1.22. The third-order valence-corrected chi connectivity index (χ3v) is 3.36. The van der Waals surface area contributed by atoms with Gasteiger partial charge in [-0.3, -0.25) is 0 Å². The smallest absolute Gasteiger partial charge is 0.363 e. The van der Waals surface area contributed by atoms with Crippen molar-refractivity contribution in [2.24, 2.45) is 4.99 Å². The number of methoxy groups -OCH3 is 2. The van der Waals surface area contributed by atoms with Crippen LogP contribution in [-0.2, 0) is 9.53 Å². The van der Waals surface area contributed by atoms with Gasteiger partial charge in [0.2, 0.25) is 5.90 Å². The summed E-state index contributed by atoms with van der Waals surface area (Å²) in [6.45, 7) is 0. The largest absolute Gasteiger partial charge is 0.497 e. The molecule has 1 aliphatic rings. The molecule has 0 radical (unpaired) electrons. The summed E-state index contributed by atoms with van der Waals surface area (Å²) < 4.78 is 15.5. The molecule has 116 valence electrons. The predicted molar refractivity (Wildman–Crippen MR) is 86.6 cm³/mol. The van der Waals surface area contributed by atoms with Crippen LogP contribution in [0.2, 0.25) is 0 Å². The van der Waals surface area contributed by atoms with E-state index in [4.69, 9.17) is 14.2 Å². The molecule has 0 bridgehead atoms. The average molecular weight is 309 g/mol. The van der Waals surface area contributed by atoms with Crippen LogP contribution < -0.4 is 9.47 Å². The molecule has 0 atom stereocenters. The van der Waals surface area contributed by atoms with Crippen LogP contribution in [0.5, 0.6) is 11.5 Å². The zero-order valence-corrected chi connectivity index (χ0v) is 12.8. The van der Waals surface area contributed by atoms with E-state index in [1.807, 2.05) is 42.5 Å². The van der Waals surface area contributed by atoms with Gasteiger partial charge in [0.05, 0.1) is 14.2 Å². The van der Waals surface area contributed by atoms with E-state index in [0.29, 0.717) is 11.3 Å². The number of carbonyl (C=O) groups excluding carboxylic acids is 1. The molecule has 0 amide bonds. The van der Waals surface area contributed by atoms with Gasteiger partial charge < -0.3 is 14.2 Å². The van der Waals surface area contributed by atoms with Crippen LogP contribution in [0.15, 0.2) is 59.2 Å². The number of esters is 1. The highest BCUT2D eigenvalue weighted by atomic mass is 16.6. The van der Waals surface area contributed by atoms with Crippen molar-refractivity contribution in [1.82, 2.24) is 0 Å². The molecule has 5 heteroatoms. The molecule has 5 nitrogen and oxygen atoms in total. The number of carbonyl (C=O) groups is 1. The van der Waals surface area contributed by atoms with Gasteiger partial charge in [-0.15, -0.1) is 0 Å². The second kappa shape index (κ2) is 6.36. The van der Waals surface area contributed by atoms with E-state index in [1.165, 1.54) is 0 Å². The first-order valence-corrected chi connectivity index (χ1v) is 7.00. The quantitative estimate of drug-likeness (QED) is 0.643. The van der Waals surface area contributed by atoms with Crippen molar-refractivity contribution in [2.75, 3.05) is 14.2 Å². The van der Waals surface area contributed by atoms with Crippen molar-refractivity contribution in [3.8, 4) is 11.5 Å². The highest BCUT2D eigenvalue weighted by Gasteiger charge is 2.24. The molecule has 0 unspecified atom stereocenters. The number of aliphatic imine (C=N–C) groups is 1. The fourth-order valence-corrected chi connectivity index (χ4v) is 2.15. The number of nitrogens with zero attached hydrogens (tertiary/aromatic N) is 1. The van der Waals surface area contributed by atoms with E-state index >= 15 is 0 Å². The van der Waals surface area contributed by atoms with Crippen LogP contribution >= 0.6 is 0 Å². The summed E-state index contributed by atoms with van der Waals surface area (Å²) >= 11 is 0. The molecule has 0 saturated heterocycles. The number of ether oxygens (including phenoxy) is 3. The second-order valence-corrected chi connectivity index (χ2v) is 4.84. The Morgan fingerprint density at radius 1 is 1.00 bits per heavy atom. The molecular weight excluding hydrogens is 294 g/mol. The summed E-state index contributed by atoms with van der Waals surface area (Å²) in [6, 6.07) is 14.5. The summed E-state index contributed by atoms with van der Waals surface area (Å²) in [5.41, 5.74) is 1.79. The van der Waals surface area contributed by atoms with E-state index in [0.717, 1.165) is 11.3 Å². The Hall–Kier alpha value is -3.08. The third kappa shape index (κ3) is 3.23. The normalized spacial score (nSPS) is 15.3. The minimum Gasteiger partial charge on any atom is -0.497 e. The Morgan fingerprint density at radius 3 is 2.43 bits per heavy atom. The lowest BCUT2D eigenvalue weighted by atomic mass is 10.2. The van der Waals surface area contributed by atoms with Crippen LogP contribution in [-0.4, -0.2) is 26.1 Å². The summed E-state index contributed by atoms with van der Waals surface area (Å²) in [7, 11) is 3.18. The predicted octanol–water partition coefficient (Wildman–Crippen LogP) is 3.05. The molecule has 1 aliphatic heterocycles. The standard InChI is InChI=1S/C18H15NO4/c1-21-14-8-6-12(7-9-14)10-16-18(20)23-17(19-16)13-4-3-5-15(11-13)22-2/h3-11H,1-2H3/b16-10+. The fourth-order valence-electron chi connectivity index (χ4n) is 2.15. The molecule has 0 N–H and O–H groups in total. The molecule has 0 aliphatic carbocycles. The van der Waals surface area contributed by atoms with Crippen LogP contribution in [0.4, 0.5) is 0 Å². The van der Waals surface area contributed by atoms with Gasteiger partial charge in [-0.2, -0.15) is 0 Å². The zero-order chi connectivity index (χ0) is 16.2. The van der Waals surface area contributed by atoms with Gasteiger partial charge >= 0.3 is 5.97 Å². The Labute approximate surface area is 133 Å². The number of benzene rings is 2. The van der Waals surface area contributed by atoms with Crippen LogP contribution in [0, 0.1) is 0 Å². The number of rotatable bonds is 4. The van der Waals surface area contributed by atoms with Crippen molar-refractivity contribution in [3.63, 3.8) is 0 Å².